The first kappa shape index (κ1) is 14.6. The van der Waals surface area contributed by atoms with Crippen LogP contribution in [0.1, 0.15) is 34.6 Å². The topological polar surface area (TPSA) is 43.4 Å². The van der Waals surface area contributed by atoms with Crippen molar-refractivity contribution >= 4 is 50.3 Å². The molecule has 1 rings (SSSR count). The van der Waals surface area contributed by atoms with Crippen LogP contribution in [-0.4, -0.2) is 23.2 Å². The second-order valence-electron chi connectivity index (χ2n) is 3.43. The fourth-order valence-corrected chi connectivity index (χ4v) is 2.23. The molecule has 1 atom stereocenters. The van der Waals surface area contributed by atoms with Crippen LogP contribution in [0.15, 0.2) is 18.2 Å². The van der Waals surface area contributed by atoms with Crippen molar-refractivity contribution in [1.82, 2.24) is 0 Å². The van der Waals surface area contributed by atoms with Crippen LogP contribution in [0.3, 0.4) is 0 Å². The van der Waals surface area contributed by atoms with E-state index in [1.54, 1.807) is 32.0 Å². The van der Waals surface area contributed by atoms with E-state index in [2.05, 4.69) is 38.5 Å². The SMILES string of the molecule is CCOC(=O)c1cc(I)cc(C(=O)C(C)Br)c1. The van der Waals surface area contributed by atoms with Crippen LogP contribution in [0, 0.1) is 3.57 Å². The largest absolute Gasteiger partial charge is 0.462 e. The van der Waals surface area contributed by atoms with Gasteiger partial charge in [-0.2, -0.15) is 0 Å². The molecule has 0 fully saturated rings. The van der Waals surface area contributed by atoms with E-state index in [4.69, 9.17) is 4.74 Å². The van der Waals surface area contributed by atoms with Crippen LogP contribution >= 0.6 is 38.5 Å². The highest BCUT2D eigenvalue weighted by Gasteiger charge is 2.16. The van der Waals surface area contributed by atoms with Gasteiger partial charge in [0.2, 0.25) is 0 Å². The summed E-state index contributed by atoms with van der Waals surface area (Å²) in [4.78, 5) is 23.2. The molecule has 1 unspecified atom stereocenters. The maximum absolute atomic E-state index is 11.8. The van der Waals surface area contributed by atoms with Gasteiger partial charge in [-0.25, -0.2) is 4.79 Å². The summed E-state index contributed by atoms with van der Waals surface area (Å²) in [6.45, 7) is 3.83. The molecule has 3 nitrogen and oxygen atoms in total. The highest BCUT2D eigenvalue weighted by atomic mass is 127. The van der Waals surface area contributed by atoms with E-state index in [-0.39, 0.29) is 10.6 Å². The third-order valence-electron chi connectivity index (χ3n) is 2.05. The van der Waals surface area contributed by atoms with E-state index in [0.29, 0.717) is 17.7 Å². The lowest BCUT2D eigenvalue weighted by atomic mass is 10.1. The minimum Gasteiger partial charge on any atom is -0.462 e. The molecular formula is C12H12BrIO3. The van der Waals surface area contributed by atoms with Crippen LogP contribution in [0.25, 0.3) is 0 Å². The van der Waals surface area contributed by atoms with Crippen molar-refractivity contribution in [3.05, 3.63) is 32.9 Å². The van der Waals surface area contributed by atoms with Gasteiger partial charge in [0, 0.05) is 9.13 Å². The summed E-state index contributed by atoms with van der Waals surface area (Å²) in [5.74, 6) is -0.448. The number of benzene rings is 1. The minimum atomic E-state index is -0.401. The zero-order valence-electron chi connectivity index (χ0n) is 9.50. The third-order valence-corrected chi connectivity index (χ3v) is 3.09. The van der Waals surface area contributed by atoms with E-state index in [1.165, 1.54) is 0 Å². The molecule has 0 aliphatic carbocycles. The Balaban J connectivity index is 3.10. The van der Waals surface area contributed by atoms with E-state index in [1.807, 2.05) is 0 Å². The zero-order chi connectivity index (χ0) is 13.0. The van der Waals surface area contributed by atoms with Crippen LogP contribution < -0.4 is 0 Å². The lowest BCUT2D eigenvalue weighted by Crippen LogP contribution is -2.12. The Morgan fingerprint density at radius 2 is 1.94 bits per heavy atom. The third kappa shape index (κ3) is 4.06. The summed E-state index contributed by atoms with van der Waals surface area (Å²) in [6, 6.07) is 5.03. The molecule has 0 spiro atoms. The summed E-state index contributed by atoms with van der Waals surface area (Å²) < 4.78 is 5.75. The van der Waals surface area contributed by atoms with Crippen LogP contribution in [-0.2, 0) is 4.74 Å². The molecule has 0 saturated heterocycles. The van der Waals surface area contributed by atoms with Gasteiger partial charge < -0.3 is 4.74 Å². The average molecular weight is 411 g/mol. The van der Waals surface area contributed by atoms with Crippen molar-refractivity contribution in [3.63, 3.8) is 0 Å². The van der Waals surface area contributed by atoms with Crippen LogP contribution in [0.5, 0.6) is 0 Å². The fourth-order valence-electron chi connectivity index (χ4n) is 1.29. The Hall–Kier alpha value is -0.430. The second kappa shape index (κ2) is 6.49. The van der Waals surface area contributed by atoms with E-state index < -0.39 is 5.97 Å². The summed E-state index contributed by atoms with van der Waals surface area (Å²) >= 11 is 5.30. The Kier molecular flexibility index (Phi) is 5.58. The van der Waals surface area contributed by atoms with Crippen molar-refractivity contribution < 1.29 is 14.3 Å². The number of ketones is 1. The molecule has 92 valence electrons. The standard InChI is InChI=1S/C12H12BrIO3/c1-3-17-12(16)9-4-8(5-10(14)6-9)11(15)7(2)13/h4-7H,3H2,1-2H3. The van der Waals surface area contributed by atoms with Gasteiger partial charge in [-0.1, -0.05) is 15.9 Å². The van der Waals surface area contributed by atoms with Crippen molar-refractivity contribution in [2.45, 2.75) is 18.7 Å². The van der Waals surface area contributed by atoms with Crippen molar-refractivity contribution in [2.24, 2.45) is 0 Å². The average Bonchev–Trinajstić information content (AvgIpc) is 2.27. The summed E-state index contributed by atoms with van der Waals surface area (Å²) in [7, 11) is 0. The lowest BCUT2D eigenvalue weighted by Gasteiger charge is -2.07. The highest BCUT2D eigenvalue weighted by molar-refractivity contribution is 14.1. The second-order valence-corrected chi connectivity index (χ2v) is 6.05. The quantitative estimate of drug-likeness (QED) is 0.330. The molecule has 1 aromatic carbocycles. The number of carbonyl (C=O) groups excluding carboxylic acids is 2. The fraction of sp³-hybridized carbons (Fsp3) is 0.333. The number of halogens is 2. The lowest BCUT2D eigenvalue weighted by molar-refractivity contribution is 0.0526. The van der Waals surface area contributed by atoms with Crippen LogP contribution in [0.4, 0.5) is 0 Å². The molecule has 0 bridgehead atoms. The zero-order valence-corrected chi connectivity index (χ0v) is 13.2. The van der Waals surface area contributed by atoms with Gasteiger partial charge in [0.15, 0.2) is 5.78 Å². The summed E-state index contributed by atoms with van der Waals surface area (Å²) in [5.41, 5.74) is 0.930. The molecule has 1 aromatic rings. The monoisotopic (exact) mass is 410 g/mol. The molecule has 0 aromatic heterocycles. The van der Waals surface area contributed by atoms with Gasteiger partial charge in [-0.3, -0.25) is 4.79 Å². The van der Waals surface area contributed by atoms with Gasteiger partial charge in [0.05, 0.1) is 17.0 Å². The normalized spacial score (nSPS) is 12.0. The molecule has 0 heterocycles. The number of esters is 1. The van der Waals surface area contributed by atoms with Crippen molar-refractivity contribution in [1.29, 1.82) is 0 Å². The van der Waals surface area contributed by atoms with Gasteiger partial charge in [-0.05, 0) is 54.6 Å². The summed E-state index contributed by atoms with van der Waals surface area (Å²) in [5, 5.41) is 0. The number of hydrogen-bond acceptors (Lipinski definition) is 3. The van der Waals surface area contributed by atoms with E-state index in [9.17, 15) is 9.59 Å². The molecule has 0 aliphatic rings. The number of rotatable bonds is 4. The number of carbonyl (C=O) groups is 2. The Morgan fingerprint density at radius 3 is 2.47 bits per heavy atom. The first-order valence-corrected chi connectivity index (χ1v) is 7.11. The number of hydrogen-bond donors (Lipinski definition) is 0. The summed E-state index contributed by atoms with van der Waals surface area (Å²) in [6.07, 6.45) is 0. The maximum atomic E-state index is 11.8. The first-order chi connectivity index (χ1) is 7.95. The molecule has 0 N–H and O–H groups in total. The van der Waals surface area contributed by atoms with Crippen molar-refractivity contribution in [3.8, 4) is 0 Å². The number of Topliss-reactive ketones (excluding diaryl/α,β-unsaturated/α-hetero) is 1. The van der Waals surface area contributed by atoms with Gasteiger partial charge in [0.1, 0.15) is 0 Å². The molecule has 0 radical (unpaired) electrons. The Labute approximate surface area is 122 Å². The van der Waals surface area contributed by atoms with Crippen molar-refractivity contribution in [2.75, 3.05) is 6.61 Å². The molecule has 5 heteroatoms. The molecular weight excluding hydrogens is 399 g/mol. The Morgan fingerprint density at radius 1 is 1.35 bits per heavy atom. The molecule has 0 amide bonds. The number of alkyl halides is 1. The van der Waals surface area contributed by atoms with Crippen LogP contribution in [0.2, 0.25) is 0 Å². The molecule has 17 heavy (non-hydrogen) atoms. The Bertz CT molecular complexity index is 443. The van der Waals surface area contributed by atoms with E-state index >= 15 is 0 Å². The van der Waals surface area contributed by atoms with Gasteiger partial charge >= 0.3 is 5.97 Å². The maximum Gasteiger partial charge on any atom is 0.338 e. The highest BCUT2D eigenvalue weighted by Crippen LogP contribution is 2.17. The smallest absolute Gasteiger partial charge is 0.338 e. The molecule has 0 saturated carbocycles. The van der Waals surface area contributed by atoms with Gasteiger partial charge in [-0.15, -0.1) is 0 Å². The predicted octanol–water partition coefficient (Wildman–Crippen LogP) is 3.43. The first-order valence-electron chi connectivity index (χ1n) is 5.11. The number of ether oxygens (including phenoxy) is 1. The van der Waals surface area contributed by atoms with Gasteiger partial charge in [0.25, 0.3) is 0 Å². The molecule has 0 aliphatic heterocycles. The van der Waals surface area contributed by atoms with E-state index in [0.717, 1.165) is 3.57 Å². The predicted molar refractivity (Wildman–Crippen MR) is 77.8 cm³/mol. The minimum absolute atomic E-state index is 0.0472.